The Bertz CT molecular complexity index is 562. The lowest BCUT2D eigenvalue weighted by molar-refractivity contribution is -0.145. The lowest BCUT2D eigenvalue weighted by atomic mass is 10.1. The fourth-order valence-corrected chi connectivity index (χ4v) is 4.64. The maximum absolute atomic E-state index is 12.7. The van der Waals surface area contributed by atoms with Gasteiger partial charge in [-0.3, -0.25) is 4.79 Å². The molecule has 20 heavy (non-hydrogen) atoms. The van der Waals surface area contributed by atoms with Crippen LogP contribution in [-0.2, 0) is 9.53 Å². The molecular formula is C13H12I3NO3. The monoisotopic (exact) mass is 611 g/mol. The molecule has 1 saturated heterocycles. The van der Waals surface area contributed by atoms with Gasteiger partial charge in [0.1, 0.15) is 6.04 Å². The van der Waals surface area contributed by atoms with Gasteiger partial charge in [-0.15, -0.1) is 0 Å². The van der Waals surface area contributed by atoms with Gasteiger partial charge >= 0.3 is 5.97 Å². The van der Waals surface area contributed by atoms with E-state index in [0.717, 1.165) is 17.1 Å². The first kappa shape index (κ1) is 16.7. The van der Waals surface area contributed by atoms with Gasteiger partial charge in [-0.25, -0.2) is 4.79 Å². The van der Waals surface area contributed by atoms with Crippen molar-refractivity contribution in [2.45, 2.75) is 18.9 Å². The van der Waals surface area contributed by atoms with Crippen molar-refractivity contribution in [2.24, 2.45) is 0 Å². The van der Waals surface area contributed by atoms with Crippen LogP contribution in [0.4, 0.5) is 0 Å². The number of nitrogens with zero attached hydrogens (tertiary/aromatic N) is 1. The highest BCUT2D eigenvalue weighted by molar-refractivity contribution is 14.1. The van der Waals surface area contributed by atoms with Crippen molar-refractivity contribution in [3.05, 3.63) is 28.4 Å². The molecule has 1 amide bonds. The van der Waals surface area contributed by atoms with Crippen molar-refractivity contribution < 1.29 is 14.3 Å². The number of ether oxygens (including phenoxy) is 1. The molecule has 1 unspecified atom stereocenters. The van der Waals surface area contributed by atoms with Gasteiger partial charge in [-0.1, -0.05) is 0 Å². The smallest absolute Gasteiger partial charge is 0.328 e. The molecule has 0 N–H and O–H groups in total. The van der Waals surface area contributed by atoms with E-state index in [9.17, 15) is 9.59 Å². The van der Waals surface area contributed by atoms with Gasteiger partial charge in [0.15, 0.2) is 0 Å². The van der Waals surface area contributed by atoms with Gasteiger partial charge < -0.3 is 9.64 Å². The molecule has 0 aromatic heterocycles. The molecule has 1 aromatic carbocycles. The lowest BCUT2D eigenvalue weighted by Crippen LogP contribution is -2.41. The molecule has 7 heteroatoms. The minimum atomic E-state index is -0.446. The Morgan fingerprint density at radius 2 is 2.00 bits per heavy atom. The molecule has 1 fully saturated rings. The van der Waals surface area contributed by atoms with E-state index in [0.29, 0.717) is 18.5 Å². The van der Waals surface area contributed by atoms with Crippen molar-refractivity contribution in [3.63, 3.8) is 0 Å². The second-order valence-electron chi connectivity index (χ2n) is 4.43. The van der Waals surface area contributed by atoms with Crippen LogP contribution in [-0.4, -0.2) is 36.5 Å². The van der Waals surface area contributed by atoms with Crippen LogP contribution in [0.2, 0.25) is 0 Å². The molecule has 4 nitrogen and oxygen atoms in total. The van der Waals surface area contributed by atoms with Crippen LogP contribution in [0, 0.1) is 10.7 Å². The summed E-state index contributed by atoms with van der Waals surface area (Å²) < 4.78 is 7.79. The summed E-state index contributed by atoms with van der Waals surface area (Å²) in [5, 5.41) is 0. The molecular weight excluding hydrogens is 599 g/mol. The zero-order valence-electron chi connectivity index (χ0n) is 10.7. The highest BCUT2D eigenvalue weighted by Gasteiger charge is 2.36. The van der Waals surface area contributed by atoms with Crippen molar-refractivity contribution in [1.82, 2.24) is 4.90 Å². The Labute approximate surface area is 158 Å². The largest absolute Gasteiger partial charge is 0.467 e. The van der Waals surface area contributed by atoms with Gasteiger partial charge in [0.05, 0.1) is 12.7 Å². The van der Waals surface area contributed by atoms with Crippen LogP contribution in [0.15, 0.2) is 12.1 Å². The molecule has 1 aromatic rings. The number of rotatable bonds is 2. The summed E-state index contributed by atoms with van der Waals surface area (Å²) in [5.74, 6) is -0.412. The standard InChI is InChI=1S/C13H12I3NO3/c1-20-13(19)10-3-2-4-17(10)12(18)8-5-7(14)6-9(15)11(8)16/h5-6,10H,2-4H2,1H3. The van der Waals surface area contributed by atoms with E-state index in [2.05, 4.69) is 67.8 Å². The third kappa shape index (κ3) is 3.39. The zero-order chi connectivity index (χ0) is 14.9. The number of hydrogen-bond acceptors (Lipinski definition) is 3. The first-order chi connectivity index (χ1) is 9.45. The van der Waals surface area contributed by atoms with Gasteiger partial charge in [0.2, 0.25) is 0 Å². The van der Waals surface area contributed by atoms with Gasteiger partial charge in [-0.2, -0.15) is 0 Å². The fourth-order valence-electron chi connectivity index (χ4n) is 2.26. The Balaban J connectivity index is 2.34. The Kier molecular flexibility index (Phi) is 5.91. The molecule has 1 aliphatic heterocycles. The Morgan fingerprint density at radius 3 is 2.65 bits per heavy atom. The van der Waals surface area contributed by atoms with Gasteiger partial charge in [0, 0.05) is 17.3 Å². The summed E-state index contributed by atoms with van der Waals surface area (Å²) in [5.41, 5.74) is 0.665. The minimum absolute atomic E-state index is 0.0845. The first-order valence-corrected chi connectivity index (χ1v) is 9.22. The Morgan fingerprint density at radius 1 is 1.30 bits per heavy atom. The number of benzene rings is 1. The molecule has 0 bridgehead atoms. The first-order valence-electron chi connectivity index (χ1n) is 5.99. The van der Waals surface area contributed by atoms with Gasteiger partial charge in [-0.05, 0) is 92.7 Å². The molecule has 1 aliphatic rings. The number of halogens is 3. The second-order valence-corrected chi connectivity index (χ2v) is 7.92. The molecule has 0 saturated carbocycles. The average molecular weight is 611 g/mol. The van der Waals surface area contributed by atoms with Crippen molar-refractivity contribution >= 4 is 79.6 Å². The SMILES string of the molecule is COC(=O)C1CCCN1C(=O)c1cc(I)cc(I)c1I. The highest BCUT2D eigenvalue weighted by atomic mass is 127. The summed E-state index contributed by atoms with van der Waals surface area (Å²) >= 11 is 6.61. The summed E-state index contributed by atoms with van der Waals surface area (Å²) in [6.07, 6.45) is 1.51. The summed E-state index contributed by atoms with van der Waals surface area (Å²) in [4.78, 5) is 26.1. The van der Waals surface area contributed by atoms with E-state index in [-0.39, 0.29) is 11.9 Å². The van der Waals surface area contributed by atoms with E-state index in [4.69, 9.17) is 4.74 Å². The van der Waals surface area contributed by atoms with Crippen LogP contribution < -0.4 is 0 Å². The third-order valence-corrected chi connectivity index (χ3v) is 6.88. The number of likely N-dealkylation sites (tertiary alicyclic amines) is 1. The Hall–Kier alpha value is 0.350. The highest BCUT2D eigenvalue weighted by Crippen LogP contribution is 2.27. The predicted molar refractivity (Wildman–Crippen MR) is 101 cm³/mol. The van der Waals surface area contributed by atoms with Crippen molar-refractivity contribution in [2.75, 3.05) is 13.7 Å². The number of methoxy groups -OCH3 is 1. The fraction of sp³-hybridized carbons (Fsp3) is 0.385. The third-order valence-electron chi connectivity index (χ3n) is 3.21. The summed E-state index contributed by atoms with van der Waals surface area (Å²) in [6.45, 7) is 0.608. The molecule has 2 rings (SSSR count). The summed E-state index contributed by atoms with van der Waals surface area (Å²) in [6, 6.07) is 3.46. The maximum atomic E-state index is 12.7. The van der Waals surface area contributed by atoms with E-state index in [1.807, 2.05) is 12.1 Å². The average Bonchev–Trinajstić information content (AvgIpc) is 2.90. The van der Waals surface area contributed by atoms with E-state index >= 15 is 0 Å². The molecule has 0 spiro atoms. The minimum Gasteiger partial charge on any atom is -0.467 e. The number of carbonyl (C=O) groups excluding carboxylic acids is 2. The van der Waals surface area contributed by atoms with E-state index < -0.39 is 6.04 Å². The normalized spacial score (nSPS) is 18.2. The number of hydrogen-bond donors (Lipinski definition) is 0. The van der Waals surface area contributed by atoms with Crippen LogP contribution in [0.25, 0.3) is 0 Å². The quantitative estimate of drug-likeness (QED) is 0.294. The molecule has 1 atom stereocenters. The molecule has 1 heterocycles. The molecule has 0 radical (unpaired) electrons. The maximum Gasteiger partial charge on any atom is 0.328 e. The van der Waals surface area contributed by atoms with Crippen LogP contribution >= 0.6 is 67.8 Å². The lowest BCUT2D eigenvalue weighted by Gasteiger charge is -2.23. The number of amides is 1. The predicted octanol–water partition coefficient (Wildman–Crippen LogP) is 3.28. The van der Waals surface area contributed by atoms with Crippen molar-refractivity contribution in [3.8, 4) is 0 Å². The van der Waals surface area contributed by atoms with E-state index in [1.165, 1.54) is 7.11 Å². The molecule has 108 valence electrons. The molecule has 0 aliphatic carbocycles. The second kappa shape index (κ2) is 7.07. The number of esters is 1. The summed E-state index contributed by atoms with van der Waals surface area (Å²) in [7, 11) is 1.36. The van der Waals surface area contributed by atoms with E-state index in [1.54, 1.807) is 4.90 Å². The van der Waals surface area contributed by atoms with Crippen molar-refractivity contribution in [1.29, 1.82) is 0 Å². The van der Waals surface area contributed by atoms with Crippen LogP contribution in [0.3, 0.4) is 0 Å². The zero-order valence-corrected chi connectivity index (χ0v) is 17.1. The van der Waals surface area contributed by atoms with Crippen LogP contribution in [0.1, 0.15) is 23.2 Å². The number of carbonyl (C=O) groups is 2. The van der Waals surface area contributed by atoms with Crippen LogP contribution in [0.5, 0.6) is 0 Å². The van der Waals surface area contributed by atoms with Gasteiger partial charge in [0.25, 0.3) is 5.91 Å². The topological polar surface area (TPSA) is 46.6 Å².